The smallest absolute Gasteiger partial charge is 0.243 e. The van der Waals surface area contributed by atoms with E-state index in [9.17, 15) is 4.79 Å². The van der Waals surface area contributed by atoms with Crippen molar-refractivity contribution < 1.29 is 4.79 Å². The Hall–Kier alpha value is -0.480. The summed E-state index contributed by atoms with van der Waals surface area (Å²) in [4.78, 5) is 14.4. The van der Waals surface area contributed by atoms with Gasteiger partial charge in [-0.25, -0.2) is 0 Å². The number of nitrogens with one attached hydrogen (secondary N) is 1. The van der Waals surface area contributed by atoms with Gasteiger partial charge in [-0.15, -0.1) is 0 Å². The van der Waals surface area contributed by atoms with E-state index in [1.54, 1.807) is 0 Å². The predicted molar refractivity (Wildman–Crippen MR) is 77.6 cm³/mol. The van der Waals surface area contributed by atoms with E-state index in [-0.39, 0.29) is 11.9 Å². The number of likely N-dealkylation sites (tertiary alicyclic amines) is 1. The fourth-order valence-corrected chi connectivity index (χ4v) is 3.99. The Kier molecular flexibility index (Phi) is 5.13. The average molecular weight is 268 g/mol. The van der Waals surface area contributed by atoms with Crippen molar-refractivity contribution in [1.29, 1.82) is 0 Å². The first-order chi connectivity index (χ1) is 8.72. The number of carbonyl (C=O) groups excluding carboxylic acids is 1. The van der Waals surface area contributed by atoms with Crippen LogP contribution < -0.4 is 5.32 Å². The summed E-state index contributed by atoms with van der Waals surface area (Å²) in [5.41, 5.74) is 1.02. The number of hydrogen-bond donors (Lipinski definition) is 1. The van der Waals surface area contributed by atoms with Crippen LogP contribution in [0.4, 0.5) is 0 Å². The number of hydrogen-bond acceptors (Lipinski definition) is 3. The van der Waals surface area contributed by atoms with Crippen molar-refractivity contribution in [2.24, 2.45) is 5.92 Å². The van der Waals surface area contributed by atoms with E-state index in [2.05, 4.69) is 11.9 Å². The number of amides is 1. The second-order valence-electron chi connectivity index (χ2n) is 5.30. The second-order valence-corrected chi connectivity index (χ2v) is 6.53. The molecule has 2 fully saturated rings. The van der Waals surface area contributed by atoms with Gasteiger partial charge >= 0.3 is 0 Å². The van der Waals surface area contributed by atoms with Crippen molar-refractivity contribution in [3.8, 4) is 0 Å². The van der Waals surface area contributed by atoms with Gasteiger partial charge in [-0.3, -0.25) is 4.79 Å². The third-order valence-electron chi connectivity index (χ3n) is 4.03. The van der Waals surface area contributed by atoms with Crippen LogP contribution in [0.1, 0.15) is 32.1 Å². The minimum Gasteiger partial charge on any atom is -0.315 e. The van der Waals surface area contributed by atoms with E-state index in [1.807, 2.05) is 23.7 Å². The maximum atomic E-state index is 12.5. The van der Waals surface area contributed by atoms with Crippen LogP contribution in [0.3, 0.4) is 0 Å². The van der Waals surface area contributed by atoms with Gasteiger partial charge in [0.1, 0.15) is 0 Å². The summed E-state index contributed by atoms with van der Waals surface area (Å²) in [5, 5.41) is 3.15. The maximum absolute atomic E-state index is 12.5. The number of rotatable bonds is 3. The van der Waals surface area contributed by atoms with Crippen LogP contribution in [0.2, 0.25) is 0 Å². The van der Waals surface area contributed by atoms with Crippen LogP contribution >= 0.6 is 11.8 Å². The van der Waals surface area contributed by atoms with Gasteiger partial charge in [-0.1, -0.05) is 6.58 Å². The number of thioether (sulfide) groups is 1. The van der Waals surface area contributed by atoms with Crippen molar-refractivity contribution in [3.63, 3.8) is 0 Å². The highest BCUT2D eigenvalue weighted by atomic mass is 32.2. The van der Waals surface area contributed by atoms with Gasteiger partial charge < -0.3 is 10.2 Å². The topological polar surface area (TPSA) is 32.3 Å². The lowest BCUT2D eigenvalue weighted by Gasteiger charge is -2.31. The SMILES string of the molecule is C=C1CCCC(NC)C(=O)N1CC1CCSCC1. The predicted octanol–water partition coefficient (Wildman–Crippen LogP) is 2.24. The minimum atomic E-state index is -0.0118. The molecule has 0 spiro atoms. The molecule has 1 N–H and O–H groups in total. The van der Waals surface area contributed by atoms with Gasteiger partial charge in [-0.2, -0.15) is 11.8 Å². The van der Waals surface area contributed by atoms with Crippen molar-refractivity contribution in [2.75, 3.05) is 25.1 Å². The summed E-state index contributed by atoms with van der Waals surface area (Å²) in [5.74, 6) is 3.39. The first-order valence-corrected chi connectivity index (χ1v) is 8.12. The van der Waals surface area contributed by atoms with Crippen LogP contribution in [0.15, 0.2) is 12.3 Å². The van der Waals surface area contributed by atoms with E-state index >= 15 is 0 Å². The molecule has 18 heavy (non-hydrogen) atoms. The lowest BCUT2D eigenvalue weighted by Crippen LogP contribution is -2.45. The molecule has 0 radical (unpaired) electrons. The molecule has 1 atom stereocenters. The highest BCUT2D eigenvalue weighted by molar-refractivity contribution is 7.99. The molecule has 4 heteroatoms. The highest BCUT2D eigenvalue weighted by Crippen LogP contribution is 2.27. The van der Waals surface area contributed by atoms with E-state index in [0.717, 1.165) is 31.5 Å². The molecule has 102 valence electrons. The molecule has 0 aromatic rings. The molecule has 2 aliphatic rings. The summed E-state index contributed by atoms with van der Waals surface area (Å²) in [6, 6.07) is -0.0118. The van der Waals surface area contributed by atoms with Gasteiger partial charge in [0.25, 0.3) is 0 Å². The monoisotopic (exact) mass is 268 g/mol. The molecular weight excluding hydrogens is 244 g/mol. The summed E-state index contributed by atoms with van der Waals surface area (Å²) >= 11 is 2.03. The largest absolute Gasteiger partial charge is 0.315 e. The molecule has 2 rings (SSSR count). The van der Waals surface area contributed by atoms with Gasteiger partial charge in [-0.05, 0) is 56.6 Å². The molecule has 0 saturated carbocycles. The summed E-state index contributed by atoms with van der Waals surface area (Å²) in [7, 11) is 1.88. The standard InChI is InChI=1S/C14H24N2OS/c1-11-4-3-5-13(15-2)14(17)16(11)10-12-6-8-18-9-7-12/h12-13,15H,1,3-10H2,2H3. The van der Waals surface area contributed by atoms with Gasteiger partial charge in [0.15, 0.2) is 0 Å². The Labute approximate surface area is 114 Å². The Morgan fingerprint density at radius 1 is 1.39 bits per heavy atom. The number of carbonyl (C=O) groups is 1. The van der Waals surface area contributed by atoms with Gasteiger partial charge in [0, 0.05) is 12.2 Å². The van der Waals surface area contributed by atoms with Crippen LogP contribution in [0.25, 0.3) is 0 Å². The number of likely N-dealkylation sites (N-methyl/N-ethyl adjacent to an activating group) is 1. The summed E-state index contributed by atoms with van der Waals surface area (Å²) < 4.78 is 0. The first-order valence-electron chi connectivity index (χ1n) is 6.96. The molecular formula is C14H24N2OS. The lowest BCUT2D eigenvalue weighted by molar-refractivity contribution is -0.131. The second kappa shape index (κ2) is 6.62. The zero-order valence-corrected chi connectivity index (χ0v) is 12.1. The Balaban J connectivity index is 2.01. The quantitative estimate of drug-likeness (QED) is 0.852. The Morgan fingerprint density at radius 3 is 2.78 bits per heavy atom. The molecule has 0 aliphatic carbocycles. The Bertz CT molecular complexity index is 313. The van der Waals surface area contributed by atoms with E-state index in [4.69, 9.17) is 0 Å². The molecule has 0 aromatic heterocycles. The highest BCUT2D eigenvalue weighted by Gasteiger charge is 2.29. The molecule has 2 saturated heterocycles. The number of nitrogens with zero attached hydrogens (tertiary/aromatic N) is 1. The molecule has 2 heterocycles. The van der Waals surface area contributed by atoms with Crippen LogP contribution in [0.5, 0.6) is 0 Å². The third-order valence-corrected chi connectivity index (χ3v) is 5.08. The molecule has 2 aliphatic heterocycles. The third kappa shape index (κ3) is 3.29. The average Bonchev–Trinajstić information content (AvgIpc) is 2.53. The van der Waals surface area contributed by atoms with Crippen LogP contribution in [0, 0.1) is 5.92 Å². The van der Waals surface area contributed by atoms with Crippen molar-refractivity contribution in [2.45, 2.75) is 38.1 Å². The van der Waals surface area contributed by atoms with Gasteiger partial charge in [0.2, 0.25) is 5.91 Å². The van der Waals surface area contributed by atoms with Crippen molar-refractivity contribution in [3.05, 3.63) is 12.3 Å². The van der Waals surface area contributed by atoms with E-state index in [1.165, 1.54) is 24.3 Å². The zero-order chi connectivity index (χ0) is 13.0. The van der Waals surface area contributed by atoms with E-state index < -0.39 is 0 Å². The fourth-order valence-electron chi connectivity index (χ4n) is 2.79. The van der Waals surface area contributed by atoms with E-state index in [0.29, 0.717) is 5.92 Å². The van der Waals surface area contributed by atoms with Crippen molar-refractivity contribution in [1.82, 2.24) is 10.2 Å². The maximum Gasteiger partial charge on any atom is 0.243 e. The first kappa shape index (κ1) is 13.9. The molecule has 3 nitrogen and oxygen atoms in total. The molecule has 0 bridgehead atoms. The number of allylic oxidation sites excluding steroid dienone is 1. The molecule has 0 aromatic carbocycles. The molecule has 1 unspecified atom stereocenters. The summed E-state index contributed by atoms with van der Waals surface area (Å²) in [6.07, 6.45) is 5.45. The zero-order valence-electron chi connectivity index (χ0n) is 11.3. The fraction of sp³-hybridized carbons (Fsp3) is 0.786. The minimum absolute atomic E-state index is 0.0118. The van der Waals surface area contributed by atoms with Crippen LogP contribution in [-0.2, 0) is 4.79 Å². The Morgan fingerprint density at radius 2 is 2.11 bits per heavy atom. The van der Waals surface area contributed by atoms with Crippen molar-refractivity contribution >= 4 is 17.7 Å². The lowest BCUT2D eigenvalue weighted by atomic mass is 10.0. The normalized spacial score (nSPS) is 27.4. The summed E-state index contributed by atoms with van der Waals surface area (Å²) in [6.45, 7) is 5.00. The molecule has 1 amide bonds. The van der Waals surface area contributed by atoms with Gasteiger partial charge in [0.05, 0.1) is 6.04 Å². The van der Waals surface area contributed by atoms with Crippen LogP contribution in [-0.4, -0.2) is 41.9 Å².